The number of ether oxygens (including phenoxy) is 1. The molecule has 0 saturated heterocycles. The Labute approximate surface area is 193 Å². The fourth-order valence-electron chi connectivity index (χ4n) is 2.79. The maximum absolute atomic E-state index is 13.0. The first-order valence-corrected chi connectivity index (χ1v) is 12.1. The Hall–Kier alpha value is -2.20. The zero-order valence-corrected chi connectivity index (χ0v) is 20.3. The lowest BCUT2D eigenvalue weighted by atomic mass is 10.2. The van der Waals surface area contributed by atoms with Gasteiger partial charge in [0.05, 0.1) is 15.1 Å². The van der Waals surface area contributed by atoms with Gasteiger partial charge in [0.15, 0.2) is 21.6 Å². The van der Waals surface area contributed by atoms with Gasteiger partial charge in [0.1, 0.15) is 5.75 Å². The number of hydrogen-bond donors (Lipinski definition) is 0. The van der Waals surface area contributed by atoms with Gasteiger partial charge in [0, 0.05) is 19.3 Å². The third-order valence-electron chi connectivity index (χ3n) is 4.43. The largest absolute Gasteiger partial charge is 0.484 e. The van der Waals surface area contributed by atoms with Crippen LogP contribution in [0, 0.1) is 6.92 Å². The Morgan fingerprint density at radius 1 is 1.13 bits per heavy atom. The van der Waals surface area contributed by atoms with Gasteiger partial charge >= 0.3 is 0 Å². The second-order valence-electron chi connectivity index (χ2n) is 7.35. The highest BCUT2D eigenvalue weighted by Crippen LogP contribution is 2.31. The van der Waals surface area contributed by atoms with Crippen molar-refractivity contribution in [2.45, 2.75) is 11.8 Å². The fraction of sp³-hybridized carbons (Fsp3) is 0.333. The molecule has 0 aliphatic heterocycles. The molecule has 1 aromatic heterocycles. The van der Waals surface area contributed by atoms with Gasteiger partial charge in [0.25, 0.3) is 5.91 Å². The van der Waals surface area contributed by atoms with Crippen LogP contribution in [0.5, 0.6) is 5.75 Å². The summed E-state index contributed by atoms with van der Waals surface area (Å²) in [4.78, 5) is 21.3. The number of anilines is 1. The number of rotatable bonds is 8. The van der Waals surface area contributed by atoms with E-state index in [0.717, 1.165) is 10.3 Å². The number of sulfone groups is 1. The van der Waals surface area contributed by atoms with Crippen molar-refractivity contribution >= 4 is 54.8 Å². The van der Waals surface area contributed by atoms with Gasteiger partial charge in [0.2, 0.25) is 0 Å². The summed E-state index contributed by atoms with van der Waals surface area (Å²) in [6, 6.07) is 12.3. The zero-order chi connectivity index (χ0) is 21.9. The van der Waals surface area contributed by atoms with Gasteiger partial charge in [-0.2, -0.15) is 0 Å². The van der Waals surface area contributed by atoms with E-state index in [0.29, 0.717) is 29.5 Å². The lowest BCUT2D eigenvalue weighted by molar-refractivity contribution is -0.120. The number of aromatic nitrogens is 1. The van der Waals surface area contributed by atoms with Crippen molar-refractivity contribution in [3.8, 4) is 5.75 Å². The highest BCUT2D eigenvalue weighted by molar-refractivity contribution is 7.90. The van der Waals surface area contributed by atoms with Gasteiger partial charge in [-0.05, 0) is 56.9 Å². The maximum atomic E-state index is 13.0. The van der Waals surface area contributed by atoms with Gasteiger partial charge in [-0.3, -0.25) is 9.69 Å². The van der Waals surface area contributed by atoms with Crippen LogP contribution in [-0.2, 0) is 14.6 Å². The van der Waals surface area contributed by atoms with E-state index >= 15 is 0 Å². The molecule has 3 aromatic rings. The number of aryl methyl sites for hydroxylation is 1. The molecule has 0 atom stereocenters. The molecule has 0 N–H and O–H groups in total. The molecule has 168 valence electrons. The molecule has 3 rings (SSSR count). The number of carbonyl (C=O) groups excluding carboxylic acids is 1. The van der Waals surface area contributed by atoms with Crippen LogP contribution in [0.15, 0.2) is 47.4 Å². The molecular weight excluding hydrogens is 458 g/mol. The van der Waals surface area contributed by atoms with E-state index in [1.54, 1.807) is 17.0 Å². The Balaban J connectivity index is 0.00000341. The van der Waals surface area contributed by atoms with Crippen LogP contribution < -0.4 is 9.64 Å². The summed E-state index contributed by atoms with van der Waals surface area (Å²) in [7, 11) is 0.552. The number of carbonyl (C=O) groups is 1. The molecule has 0 fully saturated rings. The molecule has 31 heavy (non-hydrogen) atoms. The lowest BCUT2D eigenvalue weighted by Crippen LogP contribution is -2.39. The minimum absolute atomic E-state index is 0. The number of thiazole rings is 1. The summed E-state index contributed by atoms with van der Waals surface area (Å²) in [6.07, 6.45) is 1.17. The van der Waals surface area contributed by atoms with Crippen molar-refractivity contribution in [1.82, 2.24) is 9.88 Å². The van der Waals surface area contributed by atoms with Crippen molar-refractivity contribution in [2.75, 3.05) is 44.9 Å². The molecule has 2 aromatic carbocycles. The highest BCUT2D eigenvalue weighted by atomic mass is 35.5. The molecule has 7 nitrogen and oxygen atoms in total. The molecule has 0 unspecified atom stereocenters. The Morgan fingerprint density at radius 3 is 2.52 bits per heavy atom. The van der Waals surface area contributed by atoms with Crippen molar-refractivity contribution in [2.24, 2.45) is 0 Å². The minimum Gasteiger partial charge on any atom is -0.484 e. The van der Waals surface area contributed by atoms with Crippen LogP contribution in [0.1, 0.15) is 5.56 Å². The molecule has 0 aliphatic rings. The number of amides is 1. The summed E-state index contributed by atoms with van der Waals surface area (Å²) in [6.45, 7) is 2.95. The Bertz CT molecular complexity index is 1160. The Morgan fingerprint density at radius 2 is 1.87 bits per heavy atom. The van der Waals surface area contributed by atoms with E-state index in [1.165, 1.54) is 23.7 Å². The van der Waals surface area contributed by atoms with Crippen LogP contribution in [0.2, 0.25) is 0 Å². The zero-order valence-electron chi connectivity index (χ0n) is 17.9. The molecule has 0 saturated carbocycles. The minimum atomic E-state index is -3.31. The quantitative estimate of drug-likeness (QED) is 0.488. The predicted octanol–water partition coefficient (Wildman–Crippen LogP) is 3.40. The molecule has 0 aliphatic carbocycles. The number of hydrogen-bond acceptors (Lipinski definition) is 7. The molecule has 10 heteroatoms. The van der Waals surface area contributed by atoms with Crippen molar-refractivity contribution < 1.29 is 17.9 Å². The smallest absolute Gasteiger partial charge is 0.266 e. The monoisotopic (exact) mass is 483 g/mol. The van der Waals surface area contributed by atoms with Crippen LogP contribution in [-0.4, -0.2) is 64.3 Å². The van der Waals surface area contributed by atoms with Gasteiger partial charge in [-0.1, -0.05) is 23.5 Å². The number of likely N-dealkylation sites (N-methyl/N-ethyl adjacent to an activating group) is 1. The average Bonchev–Trinajstić information content (AvgIpc) is 3.08. The van der Waals surface area contributed by atoms with Crippen molar-refractivity contribution in [1.29, 1.82) is 0 Å². The first-order valence-electron chi connectivity index (χ1n) is 9.39. The van der Waals surface area contributed by atoms with Crippen LogP contribution >= 0.6 is 23.7 Å². The average molecular weight is 484 g/mol. The van der Waals surface area contributed by atoms with E-state index in [9.17, 15) is 13.2 Å². The summed E-state index contributed by atoms with van der Waals surface area (Å²) in [5.41, 5.74) is 1.71. The summed E-state index contributed by atoms with van der Waals surface area (Å²) in [5.74, 6) is 0.429. The second-order valence-corrected chi connectivity index (χ2v) is 10.4. The van der Waals surface area contributed by atoms with E-state index < -0.39 is 9.84 Å². The summed E-state index contributed by atoms with van der Waals surface area (Å²) in [5, 5.41) is 0.523. The molecule has 0 bridgehead atoms. The number of nitrogens with zero attached hydrogens (tertiary/aromatic N) is 3. The van der Waals surface area contributed by atoms with Crippen LogP contribution in [0.3, 0.4) is 0 Å². The highest BCUT2D eigenvalue weighted by Gasteiger charge is 2.21. The second kappa shape index (κ2) is 10.4. The number of fused-ring (bicyclic) bond motifs is 1. The first-order chi connectivity index (χ1) is 14.1. The standard InChI is InChI=1S/C21H25N3O4S2.ClH/c1-15-6-5-7-16(12-15)28-14-20(25)24(11-10-23(2)3)21-22-18-9-8-17(30(4,26)27)13-19(18)29-21;/h5-9,12-13H,10-11,14H2,1-4H3;1H. The SMILES string of the molecule is Cc1cccc(OCC(=O)N(CCN(C)C)c2nc3ccc(S(C)(=O)=O)cc3s2)c1.Cl. The lowest BCUT2D eigenvalue weighted by Gasteiger charge is -2.22. The first kappa shape index (κ1) is 25.1. The number of benzene rings is 2. The summed E-state index contributed by atoms with van der Waals surface area (Å²) >= 11 is 1.30. The van der Waals surface area contributed by atoms with Crippen molar-refractivity contribution in [3.05, 3.63) is 48.0 Å². The maximum Gasteiger partial charge on any atom is 0.266 e. The molecule has 1 heterocycles. The third-order valence-corrected chi connectivity index (χ3v) is 6.58. The predicted molar refractivity (Wildman–Crippen MR) is 128 cm³/mol. The van der Waals surface area contributed by atoms with Gasteiger partial charge < -0.3 is 9.64 Å². The van der Waals surface area contributed by atoms with Crippen LogP contribution in [0.4, 0.5) is 5.13 Å². The molecule has 0 spiro atoms. The van der Waals surface area contributed by atoms with Crippen LogP contribution in [0.25, 0.3) is 10.2 Å². The Kier molecular flexibility index (Phi) is 8.41. The van der Waals surface area contributed by atoms with Gasteiger partial charge in [-0.15, -0.1) is 12.4 Å². The van der Waals surface area contributed by atoms with Crippen molar-refractivity contribution in [3.63, 3.8) is 0 Å². The third kappa shape index (κ3) is 6.64. The van der Waals surface area contributed by atoms with E-state index in [2.05, 4.69) is 4.98 Å². The summed E-state index contributed by atoms with van der Waals surface area (Å²) < 4.78 is 30.1. The van der Waals surface area contributed by atoms with E-state index in [1.807, 2.05) is 50.2 Å². The molecular formula is C21H26ClN3O4S2. The fourth-order valence-corrected chi connectivity index (χ4v) is 4.56. The molecule has 1 amide bonds. The van der Waals surface area contributed by atoms with E-state index in [-0.39, 0.29) is 29.8 Å². The molecule has 0 radical (unpaired) electrons. The van der Waals surface area contributed by atoms with E-state index in [4.69, 9.17) is 4.74 Å². The topological polar surface area (TPSA) is 79.8 Å². The van der Waals surface area contributed by atoms with Gasteiger partial charge in [-0.25, -0.2) is 13.4 Å². The number of halogens is 1. The normalized spacial score (nSPS) is 11.4.